The lowest BCUT2D eigenvalue weighted by atomic mass is 10.1. The van der Waals surface area contributed by atoms with Crippen molar-refractivity contribution in [2.75, 3.05) is 17.9 Å². The number of carbonyl (C=O) groups excluding carboxylic acids is 2. The van der Waals surface area contributed by atoms with E-state index in [2.05, 4.69) is 5.32 Å². The van der Waals surface area contributed by atoms with E-state index in [1.54, 1.807) is 56.3 Å². The van der Waals surface area contributed by atoms with E-state index in [1.807, 2.05) is 6.92 Å². The van der Waals surface area contributed by atoms with Gasteiger partial charge in [0.1, 0.15) is 12.6 Å². The van der Waals surface area contributed by atoms with Crippen LogP contribution < -0.4 is 9.62 Å². The largest absolute Gasteiger partial charge is 0.357 e. The minimum absolute atomic E-state index is 0.00272. The van der Waals surface area contributed by atoms with Crippen molar-refractivity contribution in [1.29, 1.82) is 0 Å². The lowest BCUT2D eigenvalue weighted by molar-refractivity contribution is -0.139. The third-order valence-corrected chi connectivity index (χ3v) is 8.83. The van der Waals surface area contributed by atoms with Crippen LogP contribution >= 0.6 is 34.8 Å². The van der Waals surface area contributed by atoms with Crippen molar-refractivity contribution in [3.05, 3.63) is 92.4 Å². The molecule has 0 heterocycles. The highest BCUT2D eigenvalue weighted by molar-refractivity contribution is 7.92. The number of rotatable bonds is 9. The average molecular weight is 597 g/mol. The van der Waals surface area contributed by atoms with E-state index in [4.69, 9.17) is 34.8 Å². The van der Waals surface area contributed by atoms with Gasteiger partial charge in [0.15, 0.2) is 0 Å². The fourth-order valence-corrected chi connectivity index (χ4v) is 5.79. The molecule has 3 aromatic rings. The van der Waals surface area contributed by atoms with Crippen LogP contribution in [0.4, 0.5) is 5.69 Å². The van der Waals surface area contributed by atoms with Gasteiger partial charge in [0.05, 0.1) is 20.6 Å². The summed E-state index contributed by atoms with van der Waals surface area (Å²) in [5.74, 6) is -1.01. The highest BCUT2D eigenvalue weighted by Gasteiger charge is 2.33. The third kappa shape index (κ3) is 6.80. The van der Waals surface area contributed by atoms with Crippen molar-refractivity contribution < 1.29 is 18.0 Å². The van der Waals surface area contributed by atoms with Crippen LogP contribution in [-0.2, 0) is 26.2 Å². The van der Waals surface area contributed by atoms with Crippen LogP contribution in [0.2, 0.25) is 15.1 Å². The first-order chi connectivity index (χ1) is 17.8. The SMILES string of the molecule is CNC(=O)[C@H](C)N(Cc1ccc(Cl)c(Cl)c1)C(=O)CN(c1cc(Cl)ccc1C)S(=O)(=O)c1ccc(C)cc1. The normalized spacial score (nSPS) is 12.1. The van der Waals surface area contributed by atoms with Gasteiger partial charge in [-0.25, -0.2) is 8.42 Å². The topological polar surface area (TPSA) is 86.8 Å². The van der Waals surface area contributed by atoms with Gasteiger partial charge in [-0.1, -0.05) is 64.6 Å². The molecule has 0 aliphatic heterocycles. The van der Waals surface area contributed by atoms with E-state index in [1.165, 1.54) is 30.1 Å². The Hall–Kier alpha value is -2.78. The molecule has 3 rings (SSSR count). The number of sulfonamides is 1. The molecule has 2 amide bonds. The van der Waals surface area contributed by atoms with Gasteiger partial charge in [-0.05, 0) is 68.3 Å². The summed E-state index contributed by atoms with van der Waals surface area (Å²) in [5.41, 5.74) is 2.37. The zero-order valence-electron chi connectivity index (χ0n) is 21.3. The number of halogens is 3. The number of benzene rings is 3. The molecule has 0 bridgehead atoms. The minimum atomic E-state index is -4.19. The van der Waals surface area contributed by atoms with E-state index < -0.39 is 34.4 Å². The fraction of sp³-hybridized carbons (Fsp3) is 0.259. The number of hydrogen-bond acceptors (Lipinski definition) is 4. The van der Waals surface area contributed by atoms with Crippen molar-refractivity contribution in [1.82, 2.24) is 10.2 Å². The first-order valence-corrected chi connectivity index (χ1v) is 14.2. The van der Waals surface area contributed by atoms with Crippen LogP contribution in [0.3, 0.4) is 0 Å². The molecule has 0 saturated carbocycles. The number of amides is 2. The molecular weight excluding hydrogens is 569 g/mol. The summed E-state index contributed by atoms with van der Waals surface area (Å²) < 4.78 is 28.8. The number of likely N-dealkylation sites (N-methyl/N-ethyl adjacent to an activating group) is 1. The summed E-state index contributed by atoms with van der Waals surface area (Å²) in [4.78, 5) is 27.7. The molecule has 3 aromatic carbocycles. The molecule has 202 valence electrons. The quantitative estimate of drug-likeness (QED) is 0.347. The van der Waals surface area contributed by atoms with Gasteiger partial charge >= 0.3 is 0 Å². The standard InChI is InChI=1S/C27H28Cl3N3O4S/c1-17-5-10-22(11-6-17)38(36,37)33(25-14-21(28)9-7-18(25)2)16-26(34)32(19(3)27(35)31-4)15-20-8-12-23(29)24(30)13-20/h5-14,19H,15-16H2,1-4H3,(H,31,35)/t19-/m0/s1. The van der Waals surface area contributed by atoms with Crippen LogP contribution in [0, 0.1) is 13.8 Å². The predicted molar refractivity (Wildman–Crippen MR) is 152 cm³/mol. The average Bonchev–Trinajstić information content (AvgIpc) is 2.88. The van der Waals surface area contributed by atoms with E-state index in [0.717, 1.165) is 9.87 Å². The van der Waals surface area contributed by atoms with E-state index >= 15 is 0 Å². The first-order valence-electron chi connectivity index (χ1n) is 11.7. The van der Waals surface area contributed by atoms with Gasteiger partial charge < -0.3 is 10.2 Å². The Morgan fingerprint density at radius 2 is 1.58 bits per heavy atom. The Labute approximate surface area is 238 Å². The van der Waals surface area contributed by atoms with E-state index in [-0.39, 0.29) is 17.1 Å². The summed E-state index contributed by atoms with van der Waals surface area (Å²) >= 11 is 18.4. The Balaban J connectivity index is 2.08. The highest BCUT2D eigenvalue weighted by Crippen LogP contribution is 2.30. The maximum absolute atomic E-state index is 13.9. The summed E-state index contributed by atoms with van der Waals surface area (Å²) in [6, 6.07) is 15.1. The molecule has 7 nitrogen and oxygen atoms in total. The second-order valence-corrected chi connectivity index (χ2v) is 11.9. The summed E-state index contributed by atoms with van der Waals surface area (Å²) in [6.07, 6.45) is 0. The van der Waals surface area contributed by atoms with Crippen molar-refractivity contribution in [2.45, 2.75) is 38.3 Å². The van der Waals surface area contributed by atoms with Crippen molar-refractivity contribution in [3.63, 3.8) is 0 Å². The Morgan fingerprint density at radius 1 is 0.921 bits per heavy atom. The number of hydrogen-bond donors (Lipinski definition) is 1. The molecule has 0 radical (unpaired) electrons. The Kier molecular flexibility index (Phi) is 9.70. The maximum Gasteiger partial charge on any atom is 0.264 e. The van der Waals surface area contributed by atoms with Gasteiger partial charge in [0.2, 0.25) is 11.8 Å². The van der Waals surface area contributed by atoms with Gasteiger partial charge in [-0.2, -0.15) is 0 Å². The van der Waals surface area contributed by atoms with Gasteiger partial charge in [0.25, 0.3) is 10.0 Å². The molecular formula is C27H28Cl3N3O4S. The molecule has 0 spiro atoms. The summed E-state index contributed by atoms with van der Waals surface area (Å²) in [5, 5.41) is 3.49. The number of carbonyl (C=O) groups is 2. The molecule has 0 fully saturated rings. The number of nitrogens with zero attached hydrogens (tertiary/aromatic N) is 2. The van der Waals surface area contributed by atoms with Crippen LogP contribution in [0.25, 0.3) is 0 Å². The number of aryl methyl sites for hydroxylation is 2. The fourth-order valence-electron chi connectivity index (χ4n) is 3.83. The molecule has 0 aliphatic rings. The second-order valence-electron chi connectivity index (χ2n) is 8.82. The monoisotopic (exact) mass is 595 g/mol. The molecule has 0 saturated heterocycles. The molecule has 0 aliphatic carbocycles. The van der Waals surface area contributed by atoms with E-state index in [0.29, 0.717) is 26.2 Å². The van der Waals surface area contributed by atoms with Crippen LogP contribution in [-0.4, -0.2) is 44.8 Å². The molecule has 0 aromatic heterocycles. The molecule has 11 heteroatoms. The second kappa shape index (κ2) is 12.4. The van der Waals surface area contributed by atoms with Crippen molar-refractivity contribution in [3.8, 4) is 0 Å². The Morgan fingerprint density at radius 3 is 2.18 bits per heavy atom. The summed E-state index contributed by atoms with van der Waals surface area (Å²) in [7, 11) is -2.72. The van der Waals surface area contributed by atoms with E-state index in [9.17, 15) is 18.0 Å². The molecule has 1 N–H and O–H groups in total. The molecule has 38 heavy (non-hydrogen) atoms. The van der Waals surface area contributed by atoms with Gasteiger partial charge in [-0.3, -0.25) is 13.9 Å². The smallest absolute Gasteiger partial charge is 0.264 e. The first kappa shape index (κ1) is 29.8. The van der Waals surface area contributed by atoms with Gasteiger partial charge in [0, 0.05) is 18.6 Å². The van der Waals surface area contributed by atoms with Crippen LogP contribution in [0.5, 0.6) is 0 Å². The van der Waals surface area contributed by atoms with Gasteiger partial charge in [-0.15, -0.1) is 0 Å². The lowest BCUT2D eigenvalue weighted by Gasteiger charge is -2.32. The molecule has 1 atom stereocenters. The number of anilines is 1. The van der Waals surface area contributed by atoms with Crippen LogP contribution in [0.15, 0.2) is 65.6 Å². The maximum atomic E-state index is 13.9. The third-order valence-electron chi connectivity index (χ3n) is 6.08. The Bertz CT molecular complexity index is 1450. The van der Waals surface area contributed by atoms with Crippen LogP contribution in [0.1, 0.15) is 23.6 Å². The highest BCUT2D eigenvalue weighted by atomic mass is 35.5. The molecule has 0 unspecified atom stereocenters. The minimum Gasteiger partial charge on any atom is -0.357 e. The zero-order chi connectivity index (χ0) is 28.2. The summed E-state index contributed by atoms with van der Waals surface area (Å²) in [6.45, 7) is 4.57. The zero-order valence-corrected chi connectivity index (χ0v) is 24.4. The predicted octanol–water partition coefficient (Wildman–Crippen LogP) is 5.62. The lowest BCUT2D eigenvalue weighted by Crippen LogP contribution is -2.50. The van der Waals surface area contributed by atoms with Crippen molar-refractivity contribution >= 4 is 62.3 Å². The number of nitrogens with one attached hydrogen (secondary N) is 1. The van der Waals surface area contributed by atoms with Crippen molar-refractivity contribution in [2.24, 2.45) is 0 Å².